The third kappa shape index (κ3) is 5.82. The molecule has 1 amide bonds. The molecule has 0 atom stereocenters. The molecule has 0 aromatic carbocycles. The Kier molecular flexibility index (Phi) is 6.65. The number of hydrogen-bond acceptors (Lipinski definition) is 3. The molecule has 0 radical (unpaired) electrons. The molecule has 0 aliphatic heterocycles. The fraction of sp³-hybridized carbons (Fsp3) is 0.923. The zero-order chi connectivity index (χ0) is 14.3. The summed E-state index contributed by atoms with van der Waals surface area (Å²) in [6, 6.07) is 0. The van der Waals surface area contributed by atoms with Crippen LogP contribution in [0.5, 0.6) is 0 Å². The lowest BCUT2D eigenvalue weighted by Crippen LogP contribution is -2.40. The van der Waals surface area contributed by atoms with Gasteiger partial charge in [-0.2, -0.15) is 0 Å². The Labute approximate surface area is 112 Å². The van der Waals surface area contributed by atoms with Gasteiger partial charge < -0.3 is 14.8 Å². The number of halogens is 2. The van der Waals surface area contributed by atoms with Gasteiger partial charge in [-0.05, 0) is 26.7 Å². The van der Waals surface area contributed by atoms with Gasteiger partial charge in [-0.3, -0.25) is 4.79 Å². The van der Waals surface area contributed by atoms with Crippen LogP contribution in [0.15, 0.2) is 0 Å². The molecule has 19 heavy (non-hydrogen) atoms. The second kappa shape index (κ2) is 7.75. The van der Waals surface area contributed by atoms with Crippen molar-refractivity contribution in [1.29, 1.82) is 0 Å². The summed E-state index contributed by atoms with van der Waals surface area (Å²) < 4.78 is 36.6. The van der Waals surface area contributed by atoms with Crippen molar-refractivity contribution in [3.05, 3.63) is 0 Å². The molecular weight excluding hydrogens is 256 g/mol. The summed E-state index contributed by atoms with van der Waals surface area (Å²) in [6.45, 7) is 4.94. The molecule has 1 rings (SSSR count). The van der Waals surface area contributed by atoms with Crippen molar-refractivity contribution in [3.63, 3.8) is 0 Å². The predicted molar refractivity (Wildman–Crippen MR) is 67.0 cm³/mol. The quantitative estimate of drug-likeness (QED) is 0.728. The minimum Gasteiger partial charge on any atom is -0.351 e. The first kappa shape index (κ1) is 16.3. The Bertz CT molecular complexity index is 271. The second-order valence-corrected chi connectivity index (χ2v) is 4.72. The first-order valence-electron chi connectivity index (χ1n) is 6.87. The highest BCUT2D eigenvalue weighted by molar-refractivity contribution is 5.78. The summed E-state index contributed by atoms with van der Waals surface area (Å²) >= 11 is 0. The fourth-order valence-electron chi connectivity index (χ4n) is 2.17. The Morgan fingerprint density at radius 3 is 2.26 bits per heavy atom. The minimum atomic E-state index is -2.60. The molecule has 1 fully saturated rings. The zero-order valence-electron chi connectivity index (χ0n) is 11.6. The lowest BCUT2D eigenvalue weighted by Gasteiger charge is -2.28. The normalized spacial score (nSPS) is 19.6. The average molecular weight is 279 g/mol. The Morgan fingerprint density at radius 1 is 1.26 bits per heavy atom. The summed E-state index contributed by atoms with van der Waals surface area (Å²) in [7, 11) is 0. The molecule has 1 N–H and O–H groups in total. The number of rotatable bonds is 7. The maximum atomic E-state index is 13.0. The molecular formula is C13H23F2NO3. The standard InChI is InChI=1S/C13H23F2NO3/c1-3-18-11(19-4-2)9-16-12(17)10-5-7-13(14,15)8-6-10/h10-11H,3-9H2,1-2H3,(H,16,17). The second-order valence-electron chi connectivity index (χ2n) is 4.72. The van der Waals surface area contributed by atoms with Gasteiger partial charge in [-0.15, -0.1) is 0 Å². The van der Waals surface area contributed by atoms with Gasteiger partial charge in [0.05, 0.1) is 6.54 Å². The summed E-state index contributed by atoms with van der Waals surface area (Å²) in [5.74, 6) is -3.10. The Morgan fingerprint density at radius 2 is 1.79 bits per heavy atom. The van der Waals surface area contributed by atoms with Crippen LogP contribution in [-0.2, 0) is 14.3 Å². The van der Waals surface area contributed by atoms with Crippen molar-refractivity contribution in [2.75, 3.05) is 19.8 Å². The van der Waals surface area contributed by atoms with Gasteiger partial charge in [0.15, 0.2) is 6.29 Å². The van der Waals surface area contributed by atoms with Crippen molar-refractivity contribution < 1.29 is 23.0 Å². The van der Waals surface area contributed by atoms with Gasteiger partial charge in [-0.25, -0.2) is 8.78 Å². The molecule has 0 bridgehead atoms. The number of nitrogens with one attached hydrogen (secondary N) is 1. The SMILES string of the molecule is CCOC(CNC(=O)C1CCC(F)(F)CC1)OCC. The van der Waals surface area contributed by atoms with E-state index in [1.807, 2.05) is 13.8 Å². The van der Waals surface area contributed by atoms with E-state index in [9.17, 15) is 13.6 Å². The third-order valence-electron chi connectivity index (χ3n) is 3.24. The molecule has 112 valence electrons. The molecule has 1 aliphatic carbocycles. The minimum absolute atomic E-state index is 0.181. The maximum Gasteiger partial charge on any atom is 0.248 e. The van der Waals surface area contributed by atoms with Crippen molar-refractivity contribution >= 4 is 5.91 Å². The number of carbonyl (C=O) groups is 1. The summed E-state index contributed by atoms with van der Waals surface area (Å²) in [5.41, 5.74) is 0. The van der Waals surface area contributed by atoms with Crippen LogP contribution >= 0.6 is 0 Å². The third-order valence-corrected chi connectivity index (χ3v) is 3.24. The highest BCUT2D eigenvalue weighted by atomic mass is 19.3. The molecule has 0 spiro atoms. The lowest BCUT2D eigenvalue weighted by atomic mass is 9.86. The van der Waals surface area contributed by atoms with Gasteiger partial charge in [0.1, 0.15) is 0 Å². The highest BCUT2D eigenvalue weighted by Crippen LogP contribution is 2.36. The van der Waals surface area contributed by atoms with E-state index in [0.717, 1.165) is 0 Å². The van der Waals surface area contributed by atoms with Gasteiger partial charge in [0.2, 0.25) is 11.8 Å². The Hall–Kier alpha value is -0.750. The van der Waals surface area contributed by atoms with E-state index in [1.165, 1.54) is 0 Å². The van der Waals surface area contributed by atoms with Crippen LogP contribution in [0.2, 0.25) is 0 Å². The molecule has 6 heteroatoms. The first-order chi connectivity index (χ1) is 8.98. The monoisotopic (exact) mass is 279 g/mol. The van der Waals surface area contributed by atoms with Crippen molar-refractivity contribution in [2.45, 2.75) is 51.7 Å². The van der Waals surface area contributed by atoms with Crippen LogP contribution < -0.4 is 5.32 Å². The number of hydrogen-bond donors (Lipinski definition) is 1. The Balaban J connectivity index is 2.30. The van der Waals surface area contributed by atoms with Crippen LogP contribution in [0, 0.1) is 5.92 Å². The molecule has 0 heterocycles. The van der Waals surface area contributed by atoms with Crippen molar-refractivity contribution in [2.24, 2.45) is 5.92 Å². The predicted octanol–water partition coefficient (Wildman–Crippen LogP) is 2.33. The highest BCUT2D eigenvalue weighted by Gasteiger charge is 2.37. The molecule has 0 unspecified atom stereocenters. The van der Waals surface area contributed by atoms with E-state index >= 15 is 0 Å². The van der Waals surface area contributed by atoms with Crippen molar-refractivity contribution in [1.82, 2.24) is 5.32 Å². The van der Waals surface area contributed by atoms with Crippen LogP contribution in [0.1, 0.15) is 39.5 Å². The first-order valence-corrected chi connectivity index (χ1v) is 6.87. The van der Waals surface area contributed by atoms with Crippen LogP contribution in [0.25, 0.3) is 0 Å². The van der Waals surface area contributed by atoms with Gasteiger partial charge >= 0.3 is 0 Å². The van der Waals surface area contributed by atoms with E-state index in [1.54, 1.807) is 0 Å². The van der Waals surface area contributed by atoms with E-state index in [4.69, 9.17) is 9.47 Å². The van der Waals surface area contributed by atoms with E-state index < -0.39 is 12.2 Å². The van der Waals surface area contributed by atoms with E-state index in [-0.39, 0.29) is 44.1 Å². The summed E-state index contributed by atoms with van der Waals surface area (Å²) in [4.78, 5) is 11.9. The largest absolute Gasteiger partial charge is 0.351 e. The molecule has 0 aromatic rings. The maximum absolute atomic E-state index is 13.0. The number of carbonyl (C=O) groups excluding carboxylic acids is 1. The summed E-state index contributed by atoms with van der Waals surface area (Å²) in [5, 5.41) is 2.72. The van der Waals surface area contributed by atoms with Crippen molar-refractivity contribution in [3.8, 4) is 0 Å². The molecule has 1 saturated carbocycles. The molecule has 0 saturated heterocycles. The average Bonchev–Trinajstić information content (AvgIpc) is 2.36. The van der Waals surface area contributed by atoms with Gasteiger partial charge in [0.25, 0.3) is 0 Å². The van der Waals surface area contributed by atoms with Crippen LogP contribution in [0.3, 0.4) is 0 Å². The van der Waals surface area contributed by atoms with Crippen LogP contribution in [-0.4, -0.2) is 37.9 Å². The van der Waals surface area contributed by atoms with Crippen LogP contribution in [0.4, 0.5) is 8.78 Å². The number of alkyl halides is 2. The molecule has 4 nitrogen and oxygen atoms in total. The molecule has 0 aromatic heterocycles. The smallest absolute Gasteiger partial charge is 0.248 e. The zero-order valence-corrected chi connectivity index (χ0v) is 11.6. The molecule has 1 aliphatic rings. The number of amides is 1. The lowest BCUT2D eigenvalue weighted by molar-refractivity contribution is -0.144. The fourth-order valence-corrected chi connectivity index (χ4v) is 2.17. The van der Waals surface area contributed by atoms with Gasteiger partial charge in [-0.1, -0.05) is 0 Å². The summed E-state index contributed by atoms with van der Waals surface area (Å²) in [6.07, 6.45) is -0.389. The topological polar surface area (TPSA) is 47.6 Å². The number of ether oxygens (including phenoxy) is 2. The van der Waals surface area contributed by atoms with E-state index in [2.05, 4.69) is 5.32 Å². The van der Waals surface area contributed by atoms with Gasteiger partial charge in [0, 0.05) is 32.0 Å². The van der Waals surface area contributed by atoms with E-state index in [0.29, 0.717) is 13.2 Å².